The van der Waals surface area contributed by atoms with Crippen molar-refractivity contribution in [1.29, 1.82) is 0 Å². The van der Waals surface area contributed by atoms with Gasteiger partial charge in [0.25, 0.3) is 0 Å². The molecule has 0 saturated carbocycles. The molecule has 1 aliphatic heterocycles. The molecule has 2 aromatic carbocycles. The van der Waals surface area contributed by atoms with Crippen LogP contribution in [0.5, 0.6) is 0 Å². The third-order valence-corrected chi connectivity index (χ3v) is 5.84. The summed E-state index contributed by atoms with van der Waals surface area (Å²) < 4.78 is 42.6. The van der Waals surface area contributed by atoms with Crippen LogP contribution in [0, 0.1) is 0 Å². The highest BCUT2D eigenvalue weighted by molar-refractivity contribution is 6.34. The lowest BCUT2D eigenvalue weighted by molar-refractivity contribution is -0.184. The van der Waals surface area contributed by atoms with E-state index < -0.39 is 11.6 Å². The molecule has 1 saturated heterocycles. The number of hydrogen-bond acceptors (Lipinski definition) is 2. The van der Waals surface area contributed by atoms with Gasteiger partial charge in [-0.2, -0.15) is 13.2 Å². The first-order valence-corrected chi connectivity index (χ1v) is 9.93. The van der Waals surface area contributed by atoms with Gasteiger partial charge in [-0.15, -0.1) is 0 Å². The molecule has 156 valence electrons. The molecule has 0 aromatic heterocycles. The number of anilines is 1. The van der Waals surface area contributed by atoms with Gasteiger partial charge in [-0.25, -0.2) is 0 Å². The first-order valence-electron chi connectivity index (χ1n) is 9.17. The van der Waals surface area contributed by atoms with Crippen molar-refractivity contribution in [2.45, 2.75) is 37.9 Å². The van der Waals surface area contributed by atoms with Crippen LogP contribution in [-0.4, -0.2) is 25.2 Å². The van der Waals surface area contributed by atoms with Gasteiger partial charge in [0.2, 0.25) is 5.91 Å². The molecule has 2 unspecified atom stereocenters. The van der Waals surface area contributed by atoms with E-state index in [-0.39, 0.29) is 47.1 Å². The number of hydrogen-bond donors (Lipinski definition) is 1. The molecular formula is C21H21Cl2F3N2O. The summed E-state index contributed by atoms with van der Waals surface area (Å²) in [5.41, 5.74) is -0.375. The largest absolute Gasteiger partial charge is 0.400 e. The SMILES string of the molecule is CC(=O)NC(C)c1ccc(N2CCC(c3cc(Cl)cc(Cl)c3)(C(F)(F)F)C2)cc1. The normalized spacial score (nSPS) is 20.6. The fourth-order valence-corrected chi connectivity index (χ4v) is 4.38. The van der Waals surface area contributed by atoms with E-state index in [1.807, 2.05) is 19.1 Å². The van der Waals surface area contributed by atoms with E-state index in [2.05, 4.69) is 5.32 Å². The molecule has 0 radical (unpaired) electrons. The third-order valence-electron chi connectivity index (χ3n) is 5.41. The maximum Gasteiger partial charge on any atom is 0.400 e. The van der Waals surface area contributed by atoms with E-state index >= 15 is 0 Å². The smallest absolute Gasteiger partial charge is 0.370 e. The summed E-state index contributed by atoms with van der Waals surface area (Å²) in [6, 6.07) is 11.2. The van der Waals surface area contributed by atoms with Crippen molar-refractivity contribution < 1.29 is 18.0 Å². The van der Waals surface area contributed by atoms with Gasteiger partial charge in [0, 0.05) is 35.7 Å². The summed E-state index contributed by atoms with van der Waals surface area (Å²) in [6.45, 7) is 3.33. The zero-order valence-electron chi connectivity index (χ0n) is 16.0. The molecule has 1 N–H and O–H groups in total. The summed E-state index contributed by atoms with van der Waals surface area (Å²) in [6.07, 6.45) is -4.53. The Bertz CT molecular complexity index is 882. The van der Waals surface area contributed by atoms with Crippen molar-refractivity contribution in [1.82, 2.24) is 5.32 Å². The van der Waals surface area contributed by atoms with Crippen molar-refractivity contribution in [3.63, 3.8) is 0 Å². The molecular weight excluding hydrogens is 424 g/mol. The molecule has 2 aromatic rings. The van der Waals surface area contributed by atoms with Crippen molar-refractivity contribution in [3.05, 3.63) is 63.6 Å². The van der Waals surface area contributed by atoms with Crippen LogP contribution in [0.15, 0.2) is 42.5 Å². The molecule has 8 heteroatoms. The zero-order chi connectivity index (χ0) is 21.4. The van der Waals surface area contributed by atoms with Gasteiger partial charge in [0.1, 0.15) is 5.41 Å². The molecule has 1 fully saturated rings. The van der Waals surface area contributed by atoms with E-state index in [0.717, 1.165) is 5.56 Å². The van der Waals surface area contributed by atoms with Gasteiger partial charge in [-0.3, -0.25) is 4.79 Å². The summed E-state index contributed by atoms with van der Waals surface area (Å²) in [7, 11) is 0. The minimum absolute atomic E-state index is 0.0842. The molecule has 1 aliphatic rings. The number of rotatable bonds is 4. The van der Waals surface area contributed by atoms with Crippen LogP contribution in [-0.2, 0) is 10.2 Å². The fourth-order valence-electron chi connectivity index (χ4n) is 3.85. The number of nitrogens with one attached hydrogen (secondary N) is 1. The Hall–Kier alpha value is -1.92. The van der Waals surface area contributed by atoms with E-state index in [0.29, 0.717) is 5.69 Å². The molecule has 1 amide bonds. The van der Waals surface area contributed by atoms with Gasteiger partial charge < -0.3 is 10.2 Å². The van der Waals surface area contributed by atoms with Crippen molar-refractivity contribution in [3.8, 4) is 0 Å². The molecule has 0 spiro atoms. The second kappa shape index (κ2) is 8.07. The Morgan fingerprint density at radius 3 is 2.24 bits per heavy atom. The highest BCUT2D eigenvalue weighted by Gasteiger charge is 2.59. The maximum absolute atomic E-state index is 14.2. The summed E-state index contributed by atoms with van der Waals surface area (Å²) in [4.78, 5) is 12.9. The summed E-state index contributed by atoms with van der Waals surface area (Å²) in [5, 5.41) is 3.16. The van der Waals surface area contributed by atoms with Crippen molar-refractivity contribution in [2.75, 3.05) is 18.0 Å². The Morgan fingerprint density at radius 2 is 1.72 bits per heavy atom. The molecule has 3 rings (SSSR count). The van der Waals surface area contributed by atoms with Gasteiger partial charge in [-0.05, 0) is 54.8 Å². The second-order valence-electron chi connectivity index (χ2n) is 7.42. The van der Waals surface area contributed by atoms with Crippen LogP contribution in [0.2, 0.25) is 10.0 Å². The predicted molar refractivity (Wildman–Crippen MR) is 110 cm³/mol. The van der Waals surface area contributed by atoms with Gasteiger partial charge in [-0.1, -0.05) is 35.3 Å². The van der Waals surface area contributed by atoms with Crippen LogP contribution >= 0.6 is 23.2 Å². The number of alkyl halides is 3. The minimum Gasteiger partial charge on any atom is -0.370 e. The van der Waals surface area contributed by atoms with Crippen LogP contribution in [0.25, 0.3) is 0 Å². The number of carbonyl (C=O) groups is 1. The van der Waals surface area contributed by atoms with Crippen molar-refractivity contribution in [2.24, 2.45) is 0 Å². The molecule has 0 bridgehead atoms. The average Bonchev–Trinajstić information content (AvgIpc) is 3.07. The van der Waals surface area contributed by atoms with Crippen LogP contribution < -0.4 is 10.2 Å². The Morgan fingerprint density at radius 1 is 1.14 bits per heavy atom. The first kappa shape index (κ1) is 21.8. The molecule has 0 aliphatic carbocycles. The fraction of sp³-hybridized carbons (Fsp3) is 0.381. The van der Waals surface area contributed by atoms with E-state index in [4.69, 9.17) is 23.2 Å². The Balaban J connectivity index is 1.88. The Kier molecular flexibility index (Phi) is 6.06. The average molecular weight is 445 g/mol. The highest BCUT2D eigenvalue weighted by atomic mass is 35.5. The molecule has 1 heterocycles. The molecule has 2 atom stereocenters. The number of carbonyl (C=O) groups excluding carboxylic acids is 1. The monoisotopic (exact) mass is 444 g/mol. The quantitative estimate of drug-likeness (QED) is 0.636. The lowest BCUT2D eigenvalue weighted by atomic mass is 9.79. The van der Waals surface area contributed by atoms with Gasteiger partial charge in [0.05, 0.1) is 6.04 Å². The van der Waals surface area contributed by atoms with E-state index in [1.165, 1.54) is 25.1 Å². The lowest BCUT2D eigenvalue weighted by Crippen LogP contribution is -2.44. The maximum atomic E-state index is 14.2. The summed E-state index contributed by atoms with van der Waals surface area (Å²) in [5.74, 6) is -0.142. The number of benzene rings is 2. The second-order valence-corrected chi connectivity index (χ2v) is 8.30. The van der Waals surface area contributed by atoms with Crippen LogP contribution in [0.3, 0.4) is 0 Å². The lowest BCUT2D eigenvalue weighted by Gasteiger charge is -2.33. The summed E-state index contributed by atoms with van der Waals surface area (Å²) >= 11 is 12.0. The van der Waals surface area contributed by atoms with Crippen LogP contribution in [0.4, 0.5) is 18.9 Å². The number of amides is 1. The van der Waals surface area contributed by atoms with Gasteiger partial charge >= 0.3 is 6.18 Å². The number of nitrogens with zero attached hydrogens (tertiary/aromatic N) is 1. The molecule has 3 nitrogen and oxygen atoms in total. The zero-order valence-corrected chi connectivity index (χ0v) is 17.5. The standard InChI is InChI=1S/C21H21Cl2F3N2O/c1-13(27-14(2)29)15-3-5-19(6-4-15)28-8-7-20(12-28,21(24,25)26)16-9-17(22)11-18(23)10-16/h3-6,9-11,13H,7-8,12H2,1-2H3,(H,27,29). The number of halogens is 5. The van der Waals surface area contributed by atoms with E-state index in [1.54, 1.807) is 17.0 Å². The Labute approximate surface area is 177 Å². The van der Waals surface area contributed by atoms with Gasteiger partial charge in [0.15, 0.2) is 0 Å². The highest BCUT2D eigenvalue weighted by Crippen LogP contribution is 2.49. The van der Waals surface area contributed by atoms with E-state index in [9.17, 15) is 18.0 Å². The third kappa shape index (κ3) is 4.48. The predicted octanol–water partition coefficient (Wildman–Crippen LogP) is 5.90. The topological polar surface area (TPSA) is 32.3 Å². The van der Waals surface area contributed by atoms with Crippen molar-refractivity contribution >= 4 is 34.8 Å². The van der Waals surface area contributed by atoms with Crippen LogP contribution in [0.1, 0.15) is 37.4 Å². The first-order chi connectivity index (χ1) is 13.5. The minimum atomic E-state index is -4.45. The molecule has 29 heavy (non-hydrogen) atoms.